The molecule has 176 valence electrons. The van der Waals surface area contributed by atoms with Gasteiger partial charge in [0.2, 0.25) is 0 Å². The Bertz CT molecular complexity index is 1230. The molecule has 3 aromatic rings. The van der Waals surface area contributed by atoms with Gasteiger partial charge in [0.25, 0.3) is 11.5 Å². The molecule has 4 rings (SSSR count). The third-order valence-corrected chi connectivity index (χ3v) is 6.05. The molecule has 0 bridgehead atoms. The summed E-state index contributed by atoms with van der Waals surface area (Å²) in [6.07, 6.45) is -5.31. The van der Waals surface area contributed by atoms with Gasteiger partial charge in [0.15, 0.2) is 0 Å². The minimum absolute atomic E-state index is 0.0631. The second-order valence-electron chi connectivity index (χ2n) is 7.68. The molecule has 1 atom stereocenters. The fraction of sp³-hybridized carbons (Fsp3) is 0.167. The van der Waals surface area contributed by atoms with E-state index in [-0.39, 0.29) is 33.8 Å². The first-order chi connectivity index (χ1) is 16.1. The highest BCUT2D eigenvalue weighted by atomic mass is 35.5. The van der Waals surface area contributed by atoms with E-state index in [0.717, 1.165) is 5.56 Å². The Labute approximate surface area is 208 Å². The monoisotopic (exact) mass is 526 g/mol. The van der Waals surface area contributed by atoms with Gasteiger partial charge in [-0.2, -0.15) is 13.2 Å². The first kappa shape index (κ1) is 24.4. The molecular formula is C24H16Cl3F3N2O2. The Balaban J connectivity index is 1.47. The summed E-state index contributed by atoms with van der Waals surface area (Å²) in [5.41, 5.74) is -1.10. The first-order valence-corrected chi connectivity index (χ1v) is 11.1. The third-order valence-electron chi connectivity index (χ3n) is 5.36. The zero-order valence-corrected chi connectivity index (χ0v) is 19.6. The van der Waals surface area contributed by atoms with E-state index in [4.69, 9.17) is 39.6 Å². The first-order valence-electron chi connectivity index (χ1n) is 9.99. The van der Waals surface area contributed by atoms with E-state index in [9.17, 15) is 18.0 Å². The molecule has 1 N–H and O–H groups in total. The summed E-state index contributed by atoms with van der Waals surface area (Å²) in [6.45, 7) is 0.234. The SMILES string of the molecule is O=C(NCc1ccc(C2=NOC(c3cc(Cl)cc(Cl)c3)(C(F)(F)F)C2)cc1)c1ccc(Cl)cc1. The maximum Gasteiger partial charge on any atom is 0.435 e. The molecule has 4 nitrogen and oxygen atoms in total. The van der Waals surface area contributed by atoms with E-state index < -0.39 is 18.2 Å². The Morgan fingerprint density at radius 2 is 1.56 bits per heavy atom. The highest BCUT2D eigenvalue weighted by Gasteiger charge is 2.62. The van der Waals surface area contributed by atoms with Gasteiger partial charge in [-0.05, 0) is 53.6 Å². The molecule has 0 radical (unpaired) electrons. The van der Waals surface area contributed by atoms with Crippen molar-refractivity contribution in [3.8, 4) is 0 Å². The van der Waals surface area contributed by atoms with Crippen molar-refractivity contribution in [1.82, 2.24) is 5.32 Å². The molecule has 0 saturated heterocycles. The van der Waals surface area contributed by atoms with Crippen molar-refractivity contribution in [2.24, 2.45) is 5.16 Å². The summed E-state index contributed by atoms with van der Waals surface area (Å²) in [4.78, 5) is 17.3. The molecule has 1 aliphatic rings. The van der Waals surface area contributed by atoms with Gasteiger partial charge >= 0.3 is 6.18 Å². The van der Waals surface area contributed by atoms with Gasteiger partial charge in [0.1, 0.15) is 0 Å². The highest BCUT2D eigenvalue weighted by Crippen LogP contribution is 2.49. The zero-order valence-electron chi connectivity index (χ0n) is 17.3. The van der Waals surface area contributed by atoms with E-state index in [2.05, 4.69) is 10.5 Å². The van der Waals surface area contributed by atoms with E-state index >= 15 is 0 Å². The van der Waals surface area contributed by atoms with E-state index in [1.165, 1.54) is 18.2 Å². The van der Waals surface area contributed by atoms with Crippen LogP contribution in [-0.4, -0.2) is 17.8 Å². The van der Waals surface area contributed by atoms with Crippen molar-refractivity contribution in [2.75, 3.05) is 0 Å². The van der Waals surface area contributed by atoms with Crippen molar-refractivity contribution in [1.29, 1.82) is 0 Å². The van der Waals surface area contributed by atoms with Gasteiger partial charge in [0, 0.05) is 39.2 Å². The van der Waals surface area contributed by atoms with Crippen molar-refractivity contribution in [2.45, 2.75) is 24.7 Å². The molecule has 0 spiro atoms. The van der Waals surface area contributed by atoms with Gasteiger partial charge in [-0.25, -0.2) is 0 Å². The summed E-state index contributed by atoms with van der Waals surface area (Å²) in [5.74, 6) is -0.274. The molecule has 0 aromatic heterocycles. The third kappa shape index (κ3) is 5.02. The van der Waals surface area contributed by atoms with Crippen LogP contribution < -0.4 is 5.32 Å². The lowest BCUT2D eigenvalue weighted by Crippen LogP contribution is -2.42. The number of benzene rings is 3. The fourth-order valence-electron chi connectivity index (χ4n) is 3.55. The molecule has 1 amide bonds. The molecular weight excluding hydrogens is 512 g/mol. The molecule has 0 saturated carbocycles. The number of hydrogen-bond donors (Lipinski definition) is 1. The van der Waals surface area contributed by atoms with Crippen LogP contribution in [0.2, 0.25) is 15.1 Å². The largest absolute Gasteiger partial charge is 0.435 e. The number of hydrogen-bond acceptors (Lipinski definition) is 3. The van der Waals surface area contributed by atoms with Crippen LogP contribution in [0.5, 0.6) is 0 Å². The molecule has 0 fully saturated rings. The van der Waals surface area contributed by atoms with Crippen LogP contribution in [0.3, 0.4) is 0 Å². The number of nitrogens with zero attached hydrogens (tertiary/aromatic N) is 1. The van der Waals surface area contributed by atoms with Crippen molar-refractivity contribution in [3.63, 3.8) is 0 Å². The Hall–Kier alpha value is -2.74. The minimum Gasteiger partial charge on any atom is -0.374 e. The van der Waals surface area contributed by atoms with Crippen molar-refractivity contribution >= 4 is 46.4 Å². The smallest absolute Gasteiger partial charge is 0.374 e. The Morgan fingerprint density at radius 1 is 0.941 bits per heavy atom. The van der Waals surface area contributed by atoms with Crippen LogP contribution in [0.15, 0.2) is 71.9 Å². The average molecular weight is 528 g/mol. The summed E-state index contributed by atoms with van der Waals surface area (Å²) in [5, 5.41) is 7.17. The van der Waals surface area contributed by atoms with E-state index in [0.29, 0.717) is 16.1 Å². The van der Waals surface area contributed by atoms with Crippen LogP contribution in [-0.2, 0) is 17.0 Å². The second kappa shape index (κ2) is 9.49. The lowest BCUT2D eigenvalue weighted by Gasteiger charge is -2.29. The molecule has 1 heterocycles. The predicted octanol–water partition coefficient (Wildman–Crippen LogP) is 7.16. The summed E-state index contributed by atoms with van der Waals surface area (Å²) >= 11 is 17.7. The second-order valence-corrected chi connectivity index (χ2v) is 8.98. The minimum atomic E-state index is -4.77. The summed E-state index contributed by atoms with van der Waals surface area (Å²) in [6, 6.07) is 16.8. The average Bonchev–Trinajstić information content (AvgIpc) is 3.25. The maximum absolute atomic E-state index is 14.1. The predicted molar refractivity (Wildman–Crippen MR) is 125 cm³/mol. The standard InChI is InChI=1S/C24H16Cl3F3N2O2/c25-18-7-5-16(6-8-18)22(33)31-13-14-1-3-15(4-2-14)21-12-23(34-32-21,24(28,29)30)17-9-19(26)11-20(27)10-17/h1-11H,12-13H2,(H,31,33). The number of halogens is 6. The molecule has 1 unspecified atom stereocenters. The number of alkyl halides is 3. The molecule has 0 aliphatic carbocycles. The normalized spacial score (nSPS) is 17.8. The lowest BCUT2D eigenvalue weighted by atomic mass is 9.86. The van der Waals surface area contributed by atoms with Crippen LogP contribution >= 0.6 is 34.8 Å². The Morgan fingerprint density at radius 3 is 2.15 bits per heavy atom. The number of carbonyl (C=O) groups is 1. The highest BCUT2D eigenvalue weighted by molar-refractivity contribution is 6.34. The summed E-state index contributed by atoms with van der Waals surface area (Å²) < 4.78 is 42.4. The number of nitrogens with one attached hydrogen (secondary N) is 1. The Kier molecular flexibility index (Phi) is 6.80. The van der Waals surface area contributed by atoms with Gasteiger partial charge in [-0.15, -0.1) is 0 Å². The molecule has 1 aliphatic heterocycles. The van der Waals surface area contributed by atoms with Crippen molar-refractivity contribution < 1.29 is 22.8 Å². The van der Waals surface area contributed by atoms with Crippen LogP contribution in [0, 0.1) is 0 Å². The van der Waals surface area contributed by atoms with E-state index in [1.807, 2.05) is 0 Å². The maximum atomic E-state index is 14.1. The number of oxime groups is 1. The quantitative estimate of drug-likeness (QED) is 0.383. The van der Waals surface area contributed by atoms with E-state index in [1.54, 1.807) is 48.5 Å². The van der Waals surface area contributed by atoms with Gasteiger partial charge in [0.05, 0.1) is 5.71 Å². The lowest BCUT2D eigenvalue weighted by molar-refractivity contribution is -0.275. The molecule has 3 aromatic carbocycles. The van der Waals surface area contributed by atoms with Crippen LogP contribution in [0.1, 0.15) is 33.5 Å². The topological polar surface area (TPSA) is 50.7 Å². The molecule has 10 heteroatoms. The van der Waals surface area contributed by atoms with Crippen LogP contribution in [0.4, 0.5) is 13.2 Å². The van der Waals surface area contributed by atoms with Gasteiger partial charge < -0.3 is 10.2 Å². The molecule has 34 heavy (non-hydrogen) atoms. The van der Waals surface area contributed by atoms with Crippen LogP contribution in [0.25, 0.3) is 0 Å². The van der Waals surface area contributed by atoms with Gasteiger partial charge in [-0.1, -0.05) is 64.2 Å². The number of rotatable bonds is 5. The fourth-order valence-corrected chi connectivity index (χ4v) is 4.20. The zero-order chi connectivity index (χ0) is 24.5. The number of carbonyl (C=O) groups excluding carboxylic acids is 1. The summed E-state index contributed by atoms with van der Waals surface area (Å²) in [7, 11) is 0. The van der Waals surface area contributed by atoms with Gasteiger partial charge in [-0.3, -0.25) is 4.79 Å². The number of amides is 1. The van der Waals surface area contributed by atoms with Crippen molar-refractivity contribution in [3.05, 3.63) is 104 Å².